The standard InChI is InChI=1S/C13H18NO2.BrH/c1-14(7-9-16-10-8-14)11-13(15)12-5-3-2-4-6-12;/h2-6H,7-11H2,1H3;1H/q+1;/p-1. The van der Waals surface area contributed by atoms with Gasteiger partial charge >= 0.3 is 0 Å². The molecule has 2 rings (SSSR count). The maximum absolute atomic E-state index is 12.1. The molecule has 1 aromatic carbocycles. The van der Waals surface area contributed by atoms with Crippen LogP contribution in [-0.4, -0.2) is 50.2 Å². The average Bonchev–Trinajstić information content (AvgIpc) is 2.30. The first-order valence-corrected chi connectivity index (χ1v) is 5.69. The second-order valence-corrected chi connectivity index (χ2v) is 4.63. The number of Topliss-reactive ketones (excluding diaryl/α,β-unsaturated/α-hetero) is 1. The van der Waals surface area contributed by atoms with Crippen LogP contribution in [0.4, 0.5) is 0 Å². The highest BCUT2D eigenvalue weighted by atomic mass is 79.9. The summed E-state index contributed by atoms with van der Waals surface area (Å²) in [5.41, 5.74) is 0.813. The number of benzene rings is 1. The summed E-state index contributed by atoms with van der Waals surface area (Å²) < 4.78 is 6.12. The molecule has 0 saturated carbocycles. The third kappa shape index (κ3) is 3.91. The zero-order chi connectivity index (χ0) is 11.4. The van der Waals surface area contributed by atoms with Crippen molar-refractivity contribution < 1.29 is 31.0 Å². The van der Waals surface area contributed by atoms with Crippen LogP contribution in [0, 0.1) is 0 Å². The number of ether oxygens (including phenoxy) is 1. The van der Waals surface area contributed by atoms with Crippen molar-refractivity contribution >= 4 is 5.78 Å². The van der Waals surface area contributed by atoms with E-state index in [0.717, 1.165) is 36.3 Å². The molecule has 0 radical (unpaired) electrons. The molecule has 1 fully saturated rings. The van der Waals surface area contributed by atoms with Crippen LogP contribution in [0.25, 0.3) is 0 Å². The molecule has 1 aliphatic rings. The fourth-order valence-electron chi connectivity index (χ4n) is 2.00. The molecular formula is C13H18BrNO2. The summed E-state index contributed by atoms with van der Waals surface area (Å²) in [6.07, 6.45) is 0. The van der Waals surface area contributed by atoms with Crippen LogP contribution in [0.15, 0.2) is 30.3 Å². The summed E-state index contributed by atoms with van der Waals surface area (Å²) in [7, 11) is 2.13. The van der Waals surface area contributed by atoms with E-state index in [4.69, 9.17) is 4.74 Å². The maximum Gasteiger partial charge on any atom is 0.216 e. The molecule has 94 valence electrons. The Morgan fingerprint density at radius 3 is 2.41 bits per heavy atom. The summed E-state index contributed by atoms with van der Waals surface area (Å²) in [5, 5.41) is 0. The average molecular weight is 300 g/mol. The number of carbonyl (C=O) groups excluding carboxylic acids is 1. The molecule has 1 aromatic rings. The molecular weight excluding hydrogens is 282 g/mol. The van der Waals surface area contributed by atoms with E-state index >= 15 is 0 Å². The zero-order valence-corrected chi connectivity index (χ0v) is 11.6. The number of morpholine rings is 1. The molecule has 0 amide bonds. The minimum atomic E-state index is 0. The van der Waals surface area contributed by atoms with E-state index in [-0.39, 0.29) is 22.8 Å². The lowest BCUT2D eigenvalue weighted by Gasteiger charge is -2.36. The third-order valence-corrected chi connectivity index (χ3v) is 3.17. The summed E-state index contributed by atoms with van der Waals surface area (Å²) >= 11 is 0. The Hall–Kier alpha value is -0.710. The van der Waals surface area contributed by atoms with Gasteiger partial charge in [-0.2, -0.15) is 0 Å². The number of ketones is 1. The van der Waals surface area contributed by atoms with Gasteiger partial charge in [0.05, 0.1) is 20.3 Å². The van der Waals surface area contributed by atoms with Crippen molar-refractivity contribution in [2.24, 2.45) is 0 Å². The third-order valence-electron chi connectivity index (χ3n) is 3.17. The van der Waals surface area contributed by atoms with Crippen LogP contribution < -0.4 is 17.0 Å². The van der Waals surface area contributed by atoms with Gasteiger partial charge in [-0.05, 0) is 0 Å². The lowest BCUT2D eigenvalue weighted by molar-refractivity contribution is -0.908. The van der Waals surface area contributed by atoms with E-state index in [0.29, 0.717) is 6.54 Å². The maximum atomic E-state index is 12.1. The van der Waals surface area contributed by atoms with Crippen LogP contribution in [0.1, 0.15) is 10.4 Å². The molecule has 0 aromatic heterocycles. The first-order valence-electron chi connectivity index (χ1n) is 5.69. The van der Waals surface area contributed by atoms with E-state index in [9.17, 15) is 4.79 Å². The van der Waals surface area contributed by atoms with Crippen molar-refractivity contribution in [3.05, 3.63) is 35.9 Å². The van der Waals surface area contributed by atoms with Gasteiger partial charge in [0.25, 0.3) is 0 Å². The Kier molecular flexibility index (Phi) is 5.31. The number of hydrogen-bond acceptors (Lipinski definition) is 2. The minimum Gasteiger partial charge on any atom is -1.00 e. The molecule has 0 N–H and O–H groups in total. The normalized spacial score (nSPS) is 18.2. The summed E-state index contributed by atoms with van der Waals surface area (Å²) in [6, 6.07) is 9.52. The number of quaternary nitrogens is 1. The van der Waals surface area contributed by atoms with Gasteiger partial charge < -0.3 is 26.2 Å². The smallest absolute Gasteiger partial charge is 0.216 e. The fourth-order valence-corrected chi connectivity index (χ4v) is 2.00. The predicted molar refractivity (Wildman–Crippen MR) is 62.4 cm³/mol. The molecule has 0 atom stereocenters. The molecule has 4 heteroatoms. The number of likely N-dealkylation sites (N-methyl/N-ethyl adjacent to an activating group) is 1. The SMILES string of the molecule is C[N+]1(CC(=O)c2ccccc2)CCOCC1.[Br-]. The first kappa shape index (κ1) is 14.4. The Morgan fingerprint density at radius 2 is 1.82 bits per heavy atom. The van der Waals surface area contributed by atoms with E-state index in [2.05, 4.69) is 7.05 Å². The molecule has 3 nitrogen and oxygen atoms in total. The molecule has 17 heavy (non-hydrogen) atoms. The Bertz CT molecular complexity index is 361. The van der Waals surface area contributed by atoms with Crippen molar-refractivity contribution in [3.63, 3.8) is 0 Å². The number of rotatable bonds is 3. The van der Waals surface area contributed by atoms with Crippen LogP contribution >= 0.6 is 0 Å². The first-order chi connectivity index (χ1) is 7.70. The molecule has 1 heterocycles. The Balaban J connectivity index is 0.00000144. The van der Waals surface area contributed by atoms with Crippen molar-refractivity contribution in [3.8, 4) is 0 Å². The molecule has 0 bridgehead atoms. The Labute approximate surface area is 113 Å². The largest absolute Gasteiger partial charge is 1.00 e. The predicted octanol–water partition coefficient (Wildman–Crippen LogP) is -1.65. The quantitative estimate of drug-likeness (QED) is 0.494. The molecule has 0 unspecified atom stereocenters. The van der Waals surface area contributed by atoms with Gasteiger partial charge in [-0.15, -0.1) is 0 Å². The highest BCUT2D eigenvalue weighted by molar-refractivity contribution is 5.96. The highest BCUT2D eigenvalue weighted by Gasteiger charge is 2.28. The van der Waals surface area contributed by atoms with Crippen molar-refractivity contribution in [1.82, 2.24) is 0 Å². The fraction of sp³-hybridized carbons (Fsp3) is 0.462. The van der Waals surface area contributed by atoms with Gasteiger partial charge in [0.2, 0.25) is 5.78 Å². The summed E-state index contributed by atoms with van der Waals surface area (Å²) in [6.45, 7) is 3.96. The minimum absolute atomic E-state index is 0. The van der Waals surface area contributed by atoms with Gasteiger partial charge in [0.1, 0.15) is 19.6 Å². The van der Waals surface area contributed by atoms with Gasteiger partial charge in [0, 0.05) is 5.56 Å². The van der Waals surface area contributed by atoms with E-state index in [1.54, 1.807) is 0 Å². The van der Waals surface area contributed by atoms with E-state index < -0.39 is 0 Å². The number of nitrogens with zero attached hydrogens (tertiary/aromatic N) is 1. The van der Waals surface area contributed by atoms with Crippen LogP contribution in [0.3, 0.4) is 0 Å². The van der Waals surface area contributed by atoms with Crippen LogP contribution in [0.2, 0.25) is 0 Å². The van der Waals surface area contributed by atoms with Gasteiger partial charge in [-0.3, -0.25) is 4.79 Å². The number of halogens is 1. The highest BCUT2D eigenvalue weighted by Crippen LogP contribution is 2.10. The van der Waals surface area contributed by atoms with E-state index in [1.165, 1.54) is 0 Å². The van der Waals surface area contributed by atoms with Crippen molar-refractivity contribution in [2.75, 3.05) is 39.9 Å². The Morgan fingerprint density at radius 1 is 1.24 bits per heavy atom. The second-order valence-electron chi connectivity index (χ2n) is 4.63. The van der Waals surface area contributed by atoms with Gasteiger partial charge in [0.15, 0.2) is 0 Å². The topological polar surface area (TPSA) is 26.3 Å². The van der Waals surface area contributed by atoms with E-state index in [1.807, 2.05) is 30.3 Å². The van der Waals surface area contributed by atoms with Crippen molar-refractivity contribution in [1.29, 1.82) is 0 Å². The second kappa shape index (κ2) is 6.28. The molecule has 0 spiro atoms. The molecule has 0 aliphatic carbocycles. The summed E-state index contributed by atoms with van der Waals surface area (Å²) in [4.78, 5) is 12.1. The zero-order valence-electron chi connectivity index (χ0n) is 10.1. The van der Waals surface area contributed by atoms with Crippen molar-refractivity contribution in [2.45, 2.75) is 0 Å². The van der Waals surface area contributed by atoms with Crippen LogP contribution in [-0.2, 0) is 4.74 Å². The molecule has 1 aliphatic heterocycles. The lowest BCUT2D eigenvalue weighted by Crippen LogP contribution is -3.00. The van der Waals surface area contributed by atoms with Gasteiger partial charge in [-0.25, -0.2) is 0 Å². The van der Waals surface area contributed by atoms with Crippen LogP contribution in [0.5, 0.6) is 0 Å². The van der Waals surface area contributed by atoms with Gasteiger partial charge in [-0.1, -0.05) is 30.3 Å². The molecule has 1 saturated heterocycles. The number of hydrogen-bond donors (Lipinski definition) is 0. The number of carbonyl (C=O) groups is 1. The summed E-state index contributed by atoms with van der Waals surface area (Å²) in [5.74, 6) is 0.227. The lowest BCUT2D eigenvalue weighted by atomic mass is 10.1. The monoisotopic (exact) mass is 299 g/mol.